The van der Waals surface area contributed by atoms with Gasteiger partial charge in [-0.1, -0.05) is 11.6 Å². The molecule has 114 valence electrons. The van der Waals surface area contributed by atoms with Crippen molar-refractivity contribution in [3.8, 4) is 11.4 Å². The Labute approximate surface area is 136 Å². The summed E-state index contributed by atoms with van der Waals surface area (Å²) in [6, 6.07) is 7.05. The van der Waals surface area contributed by atoms with Gasteiger partial charge in [0.15, 0.2) is 0 Å². The summed E-state index contributed by atoms with van der Waals surface area (Å²) >= 11 is 7.39. The Balaban J connectivity index is 2.35. The molecule has 0 unspecified atom stereocenters. The molecule has 3 aromatic rings. The number of halogens is 2. The monoisotopic (exact) mass is 336 g/mol. The van der Waals surface area contributed by atoms with Crippen molar-refractivity contribution in [2.75, 3.05) is 6.67 Å². The van der Waals surface area contributed by atoms with Crippen molar-refractivity contribution in [1.82, 2.24) is 9.55 Å². The average molecular weight is 337 g/mol. The van der Waals surface area contributed by atoms with E-state index in [9.17, 15) is 9.18 Å². The number of hydrogen-bond donors (Lipinski definition) is 0. The molecule has 0 atom stereocenters. The minimum atomic E-state index is -0.615. The first-order valence-corrected chi connectivity index (χ1v) is 8.05. The molecule has 0 fully saturated rings. The van der Waals surface area contributed by atoms with Crippen molar-refractivity contribution in [1.29, 1.82) is 0 Å². The molecule has 0 aliphatic carbocycles. The number of aromatic nitrogens is 2. The highest BCUT2D eigenvalue weighted by molar-refractivity contribution is 7.18. The molecule has 1 aromatic carbocycles. The van der Waals surface area contributed by atoms with Crippen molar-refractivity contribution in [2.24, 2.45) is 0 Å². The summed E-state index contributed by atoms with van der Waals surface area (Å²) in [6.07, 6.45) is 0. The number of hydrogen-bond acceptors (Lipinski definition) is 3. The smallest absolute Gasteiger partial charge is 0.262 e. The van der Waals surface area contributed by atoms with E-state index < -0.39 is 6.67 Å². The van der Waals surface area contributed by atoms with Gasteiger partial charge in [0.25, 0.3) is 5.56 Å². The number of rotatable bonds is 3. The first-order valence-electron chi connectivity index (χ1n) is 6.85. The Kier molecular flexibility index (Phi) is 4.02. The number of thiophene rings is 1. The molecule has 3 rings (SSSR count). The zero-order chi connectivity index (χ0) is 15.9. The summed E-state index contributed by atoms with van der Waals surface area (Å²) in [5, 5.41) is 1.20. The fourth-order valence-corrected chi connectivity index (χ4v) is 3.58. The topological polar surface area (TPSA) is 34.9 Å². The van der Waals surface area contributed by atoms with Gasteiger partial charge in [-0.25, -0.2) is 9.37 Å². The van der Waals surface area contributed by atoms with E-state index in [-0.39, 0.29) is 12.1 Å². The van der Waals surface area contributed by atoms with Crippen LogP contribution in [0.2, 0.25) is 5.02 Å². The lowest BCUT2D eigenvalue weighted by atomic mass is 10.2. The summed E-state index contributed by atoms with van der Waals surface area (Å²) in [4.78, 5) is 19.1. The maximum atomic E-state index is 12.9. The van der Waals surface area contributed by atoms with Gasteiger partial charge in [0, 0.05) is 15.5 Å². The molecule has 2 heterocycles. The standard InChI is InChI=1S/C16H14ClFN2OS/c1-9-10(2)22-15-13(9)16(21)20(8-7-18)14(19-15)11-3-5-12(17)6-4-11/h3-6H,7-8H2,1-2H3. The van der Waals surface area contributed by atoms with Crippen LogP contribution in [-0.2, 0) is 6.54 Å². The van der Waals surface area contributed by atoms with E-state index in [4.69, 9.17) is 11.6 Å². The van der Waals surface area contributed by atoms with E-state index in [1.807, 2.05) is 13.8 Å². The predicted octanol–water partition coefficient (Wildman–Crippen LogP) is 4.36. The fraction of sp³-hybridized carbons (Fsp3) is 0.250. The molecule has 2 aromatic heterocycles. The normalized spacial score (nSPS) is 11.3. The summed E-state index contributed by atoms with van der Waals surface area (Å²) in [5.74, 6) is 0.480. The lowest BCUT2D eigenvalue weighted by Crippen LogP contribution is -2.24. The van der Waals surface area contributed by atoms with Gasteiger partial charge in [-0.05, 0) is 43.7 Å². The fourth-order valence-electron chi connectivity index (χ4n) is 2.44. The Morgan fingerprint density at radius 2 is 1.95 bits per heavy atom. The summed E-state index contributed by atoms with van der Waals surface area (Å²) in [7, 11) is 0. The highest BCUT2D eigenvalue weighted by Gasteiger charge is 2.17. The van der Waals surface area contributed by atoms with Gasteiger partial charge in [0.2, 0.25) is 0 Å². The maximum Gasteiger partial charge on any atom is 0.262 e. The van der Waals surface area contributed by atoms with Gasteiger partial charge < -0.3 is 0 Å². The average Bonchev–Trinajstić information content (AvgIpc) is 2.78. The number of alkyl halides is 1. The molecule has 0 amide bonds. The molecule has 3 nitrogen and oxygen atoms in total. The van der Waals surface area contributed by atoms with Crippen LogP contribution < -0.4 is 5.56 Å². The highest BCUT2D eigenvalue weighted by atomic mass is 35.5. The second-order valence-corrected chi connectivity index (χ2v) is 6.69. The molecule has 0 spiro atoms. The van der Waals surface area contributed by atoms with Crippen LogP contribution in [0.5, 0.6) is 0 Å². The highest BCUT2D eigenvalue weighted by Crippen LogP contribution is 2.29. The number of nitrogens with zero attached hydrogens (tertiary/aromatic N) is 2. The lowest BCUT2D eigenvalue weighted by molar-refractivity contribution is 0.441. The van der Waals surface area contributed by atoms with Gasteiger partial charge in [-0.15, -0.1) is 11.3 Å². The summed E-state index contributed by atoms with van der Waals surface area (Å²) in [6.45, 7) is 3.24. The summed E-state index contributed by atoms with van der Waals surface area (Å²) in [5.41, 5.74) is 1.49. The van der Waals surface area contributed by atoms with Crippen LogP contribution in [0.15, 0.2) is 29.1 Å². The second kappa shape index (κ2) is 5.82. The van der Waals surface area contributed by atoms with Crippen molar-refractivity contribution in [2.45, 2.75) is 20.4 Å². The van der Waals surface area contributed by atoms with E-state index in [1.165, 1.54) is 15.9 Å². The zero-order valence-corrected chi connectivity index (χ0v) is 13.8. The van der Waals surface area contributed by atoms with Crippen LogP contribution in [-0.4, -0.2) is 16.2 Å². The molecule has 0 N–H and O–H groups in total. The van der Waals surface area contributed by atoms with Crippen molar-refractivity contribution in [3.63, 3.8) is 0 Å². The molecule has 0 saturated heterocycles. The molecular weight excluding hydrogens is 323 g/mol. The van der Waals surface area contributed by atoms with Crippen LogP contribution in [0.25, 0.3) is 21.6 Å². The Morgan fingerprint density at radius 3 is 2.59 bits per heavy atom. The zero-order valence-electron chi connectivity index (χ0n) is 12.2. The lowest BCUT2D eigenvalue weighted by Gasteiger charge is -2.11. The minimum Gasteiger partial charge on any atom is -0.289 e. The molecule has 0 saturated carbocycles. The van der Waals surface area contributed by atoms with Crippen molar-refractivity contribution in [3.05, 3.63) is 50.1 Å². The van der Waals surface area contributed by atoms with Gasteiger partial charge in [-0.3, -0.25) is 9.36 Å². The van der Waals surface area contributed by atoms with Gasteiger partial charge in [-0.2, -0.15) is 0 Å². The van der Waals surface area contributed by atoms with Crippen LogP contribution >= 0.6 is 22.9 Å². The molecular formula is C16H14ClFN2OS. The number of fused-ring (bicyclic) bond motifs is 1. The first kappa shape index (κ1) is 15.2. The molecule has 6 heteroatoms. The SMILES string of the molecule is Cc1sc2nc(-c3ccc(Cl)cc3)n(CCF)c(=O)c2c1C. The molecule has 0 radical (unpaired) electrons. The third kappa shape index (κ3) is 2.44. The number of benzene rings is 1. The molecule has 0 aliphatic rings. The first-order chi connectivity index (χ1) is 10.5. The third-order valence-electron chi connectivity index (χ3n) is 3.70. The van der Waals surface area contributed by atoms with Crippen molar-refractivity contribution >= 4 is 33.2 Å². The quantitative estimate of drug-likeness (QED) is 0.712. The maximum absolute atomic E-state index is 12.9. The Morgan fingerprint density at radius 1 is 1.27 bits per heavy atom. The van der Waals surface area contributed by atoms with Gasteiger partial charge in [0.1, 0.15) is 17.3 Å². The van der Waals surface area contributed by atoms with Crippen LogP contribution in [0.3, 0.4) is 0 Å². The largest absolute Gasteiger partial charge is 0.289 e. The van der Waals surface area contributed by atoms with E-state index >= 15 is 0 Å². The molecule has 22 heavy (non-hydrogen) atoms. The molecule has 0 aliphatic heterocycles. The van der Waals surface area contributed by atoms with Crippen LogP contribution in [0.4, 0.5) is 4.39 Å². The van der Waals surface area contributed by atoms with Gasteiger partial charge >= 0.3 is 0 Å². The van der Waals surface area contributed by atoms with E-state index in [1.54, 1.807) is 24.3 Å². The van der Waals surface area contributed by atoms with Crippen LogP contribution in [0.1, 0.15) is 10.4 Å². The van der Waals surface area contributed by atoms with Crippen LogP contribution in [0, 0.1) is 13.8 Å². The number of aryl methyl sites for hydroxylation is 2. The van der Waals surface area contributed by atoms with Gasteiger partial charge in [0.05, 0.1) is 11.9 Å². The Hall–Kier alpha value is -1.72. The predicted molar refractivity (Wildman–Crippen MR) is 89.8 cm³/mol. The second-order valence-electron chi connectivity index (χ2n) is 5.05. The summed E-state index contributed by atoms with van der Waals surface area (Å²) < 4.78 is 14.3. The van der Waals surface area contributed by atoms with E-state index in [0.717, 1.165) is 16.0 Å². The molecule has 0 bridgehead atoms. The Bertz CT molecular complexity index is 899. The van der Waals surface area contributed by atoms with E-state index in [0.29, 0.717) is 21.1 Å². The minimum absolute atomic E-state index is 0.00589. The van der Waals surface area contributed by atoms with Crippen molar-refractivity contribution < 1.29 is 4.39 Å². The van der Waals surface area contributed by atoms with E-state index in [2.05, 4.69) is 4.98 Å². The third-order valence-corrected chi connectivity index (χ3v) is 5.05.